The van der Waals surface area contributed by atoms with Gasteiger partial charge >= 0.3 is 0 Å². The summed E-state index contributed by atoms with van der Waals surface area (Å²) in [5, 5.41) is 10.2. The van der Waals surface area contributed by atoms with Crippen molar-refractivity contribution in [3.8, 4) is 22.9 Å². The van der Waals surface area contributed by atoms with E-state index in [0.29, 0.717) is 22.7 Å². The highest BCUT2D eigenvalue weighted by molar-refractivity contribution is 5.82. The number of hydrogen-bond acceptors (Lipinski definition) is 3. The van der Waals surface area contributed by atoms with Crippen molar-refractivity contribution in [2.24, 2.45) is 7.05 Å². The van der Waals surface area contributed by atoms with Gasteiger partial charge in [-0.3, -0.25) is 0 Å². The summed E-state index contributed by atoms with van der Waals surface area (Å²) in [6.45, 7) is 0. The number of aryl methyl sites for hydroxylation is 1. The van der Waals surface area contributed by atoms with E-state index in [1.807, 2.05) is 0 Å². The molecule has 0 saturated heterocycles. The van der Waals surface area contributed by atoms with Crippen LogP contribution in [-0.4, -0.2) is 21.8 Å². The SMILES string of the molecule is COc1cccc(-c2nc3c(F)cccc3n2C)c1O. The van der Waals surface area contributed by atoms with E-state index < -0.39 is 0 Å². The van der Waals surface area contributed by atoms with Gasteiger partial charge in [0.1, 0.15) is 11.3 Å². The molecule has 0 atom stereocenters. The molecule has 1 aromatic heterocycles. The van der Waals surface area contributed by atoms with E-state index >= 15 is 0 Å². The first kappa shape index (κ1) is 12.5. The number of ether oxygens (including phenoxy) is 1. The van der Waals surface area contributed by atoms with E-state index in [4.69, 9.17) is 4.74 Å². The number of phenols is 1. The first-order valence-corrected chi connectivity index (χ1v) is 6.10. The van der Waals surface area contributed by atoms with E-state index in [1.165, 1.54) is 13.2 Å². The maximum Gasteiger partial charge on any atom is 0.168 e. The van der Waals surface area contributed by atoms with E-state index in [1.54, 1.807) is 41.9 Å². The Morgan fingerprint density at radius 2 is 1.95 bits per heavy atom. The van der Waals surface area contributed by atoms with Gasteiger partial charge in [-0.05, 0) is 24.3 Å². The molecule has 0 bridgehead atoms. The Morgan fingerprint density at radius 3 is 2.65 bits per heavy atom. The molecule has 3 rings (SSSR count). The summed E-state index contributed by atoms with van der Waals surface area (Å²) in [6.07, 6.45) is 0. The second-order valence-corrected chi connectivity index (χ2v) is 4.46. The maximum atomic E-state index is 13.8. The van der Waals surface area contributed by atoms with Crippen molar-refractivity contribution < 1.29 is 14.2 Å². The average molecular weight is 272 g/mol. The molecule has 0 radical (unpaired) electrons. The van der Waals surface area contributed by atoms with Crippen molar-refractivity contribution in [3.05, 3.63) is 42.2 Å². The lowest BCUT2D eigenvalue weighted by atomic mass is 10.1. The third-order valence-corrected chi connectivity index (χ3v) is 3.32. The summed E-state index contributed by atoms with van der Waals surface area (Å²) in [7, 11) is 3.26. The maximum absolute atomic E-state index is 13.8. The molecule has 0 fully saturated rings. The predicted molar refractivity (Wildman–Crippen MR) is 74.3 cm³/mol. The molecule has 0 unspecified atom stereocenters. The second kappa shape index (κ2) is 4.52. The predicted octanol–water partition coefficient (Wildman–Crippen LogP) is 3.09. The third kappa shape index (κ3) is 1.71. The minimum absolute atomic E-state index is 0.00573. The molecule has 20 heavy (non-hydrogen) atoms. The van der Waals surface area contributed by atoms with E-state index in [0.717, 1.165) is 0 Å². The molecule has 0 aliphatic heterocycles. The van der Waals surface area contributed by atoms with Crippen LogP contribution in [0.4, 0.5) is 4.39 Å². The van der Waals surface area contributed by atoms with Crippen LogP contribution in [0.25, 0.3) is 22.4 Å². The van der Waals surface area contributed by atoms with Gasteiger partial charge in [0.2, 0.25) is 0 Å². The van der Waals surface area contributed by atoms with Gasteiger partial charge in [0.25, 0.3) is 0 Å². The number of methoxy groups -OCH3 is 1. The molecule has 0 saturated carbocycles. The lowest BCUT2D eigenvalue weighted by Gasteiger charge is -2.08. The summed E-state index contributed by atoms with van der Waals surface area (Å²) in [5.74, 6) is 0.456. The molecule has 0 aliphatic rings. The smallest absolute Gasteiger partial charge is 0.168 e. The molecule has 1 heterocycles. The van der Waals surface area contributed by atoms with Crippen LogP contribution in [-0.2, 0) is 7.05 Å². The summed E-state index contributed by atoms with van der Waals surface area (Å²) < 4.78 is 20.6. The zero-order valence-electron chi connectivity index (χ0n) is 11.1. The van der Waals surface area contributed by atoms with Gasteiger partial charge in [-0.2, -0.15) is 0 Å². The highest BCUT2D eigenvalue weighted by atomic mass is 19.1. The normalized spacial score (nSPS) is 10.9. The first-order valence-electron chi connectivity index (χ1n) is 6.10. The van der Waals surface area contributed by atoms with Crippen molar-refractivity contribution in [2.75, 3.05) is 7.11 Å². The largest absolute Gasteiger partial charge is 0.504 e. The highest BCUT2D eigenvalue weighted by Crippen LogP contribution is 2.37. The number of halogens is 1. The molecule has 3 aromatic rings. The summed E-state index contributed by atoms with van der Waals surface area (Å²) >= 11 is 0. The monoisotopic (exact) mass is 272 g/mol. The van der Waals surface area contributed by atoms with Gasteiger partial charge in [0.05, 0.1) is 18.2 Å². The van der Waals surface area contributed by atoms with Crippen LogP contribution >= 0.6 is 0 Å². The Bertz CT molecular complexity index is 796. The van der Waals surface area contributed by atoms with Crippen LogP contribution in [0.15, 0.2) is 36.4 Å². The highest BCUT2D eigenvalue weighted by Gasteiger charge is 2.17. The standard InChI is InChI=1S/C15H13FN2O2/c1-18-11-7-4-6-10(16)13(11)17-15(18)9-5-3-8-12(20-2)14(9)19/h3-8,19H,1-2H3. The van der Waals surface area contributed by atoms with Crippen molar-refractivity contribution in [2.45, 2.75) is 0 Å². The fourth-order valence-electron chi connectivity index (χ4n) is 2.29. The van der Waals surface area contributed by atoms with Crippen molar-refractivity contribution in [1.82, 2.24) is 9.55 Å². The van der Waals surface area contributed by atoms with Gasteiger partial charge in [0.15, 0.2) is 17.3 Å². The van der Waals surface area contributed by atoms with Crippen LogP contribution in [0.2, 0.25) is 0 Å². The minimum atomic E-state index is -0.383. The van der Waals surface area contributed by atoms with Crippen molar-refractivity contribution in [1.29, 1.82) is 0 Å². The molecule has 1 N–H and O–H groups in total. The minimum Gasteiger partial charge on any atom is -0.504 e. The van der Waals surface area contributed by atoms with Crippen LogP contribution in [0.5, 0.6) is 11.5 Å². The van der Waals surface area contributed by atoms with Crippen molar-refractivity contribution in [3.63, 3.8) is 0 Å². The molecule has 2 aromatic carbocycles. The summed E-state index contributed by atoms with van der Waals surface area (Å²) in [5.41, 5.74) is 1.46. The molecule has 102 valence electrons. The van der Waals surface area contributed by atoms with Crippen LogP contribution in [0, 0.1) is 5.82 Å². The Labute approximate surface area is 115 Å². The molecule has 5 heteroatoms. The third-order valence-electron chi connectivity index (χ3n) is 3.32. The van der Waals surface area contributed by atoms with Gasteiger partial charge in [-0.15, -0.1) is 0 Å². The molecular formula is C15H13FN2O2. The second-order valence-electron chi connectivity index (χ2n) is 4.46. The number of hydrogen-bond donors (Lipinski definition) is 1. The number of fused-ring (bicyclic) bond motifs is 1. The van der Waals surface area contributed by atoms with Crippen LogP contribution < -0.4 is 4.74 Å². The van der Waals surface area contributed by atoms with Crippen LogP contribution in [0.1, 0.15) is 0 Å². The number of rotatable bonds is 2. The molecule has 0 spiro atoms. The lowest BCUT2D eigenvalue weighted by Crippen LogP contribution is -1.94. The zero-order valence-corrected chi connectivity index (χ0v) is 11.1. The Kier molecular flexibility index (Phi) is 2.82. The lowest BCUT2D eigenvalue weighted by molar-refractivity contribution is 0.374. The van der Waals surface area contributed by atoms with Gasteiger partial charge in [0, 0.05) is 7.05 Å². The fourth-order valence-corrected chi connectivity index (χ4v) is 2.29. The molecule has 0 aliphatic carbocycles. The average Bonchev–Trinajstić information content (AvgIpc) is 2.78. The number of benzene rings is 2. The van der Waals surface area contributed by atoms with Crippen molar-refractivity contribution >= 4 is 11.0 Å². The fraction of sp³-hybridized carbons (Fsp3) is 0.133. The number of imidazole rings is 1. The number of nitrogens with zero attached hydrogens (tertiary/aromatic N) is 2. The molecule has 4 nitrogen and oxygen atoms in total. The first-order chi connectivity index (χ1) is 9.63. The molecular weight excluding hydrogens is 259 g/mol. The summed E-state index contributed by atoms with van der Waals surface area (Å²) in [6, 6.07) is 9.91. The van der Waals surface area contributed by atoms with Gasteiger partial charge < -0.3 is 14.4 Å². The van der Waals surface area contributed by atoms with Crippen LogP contribution in [0.3, 0.4) is 0 Å². The quantitative estimate of drug-likeness (QED) is 0.779. The number of aromatic nitrogens is 2. The topological polar surface area (TPSA) is 47.3 Å². The Hall–Kier alpha value is -2.56. The summed E-state index contributed by atoms with van der Waals surface area (Å²) in [4.78, 5) is 4.29. The number of phenolic OH excluding ortho intramolecular Hbond substituents is 1. The van der Waals surface area contributed by atoms with Gasteiger partial charge in [-0.25, -0.2) is 9.37 Å². The van der Waals surface area contributed by atoms with E-state index in [-0.39, 0.29) is 17.1 Å². The number of para-hydroxylation sites is 2. The van der Waals surface area contributed by atoms with Gasteiger partial charge in [-0.1, -0.05) is 12.1 Å². The Balaban J connectivity index is 2.30. The zero-order chi connectivity index (χ0) is 14.3. The van der Waals surface area contributed by atoms with E-state index in [2.05, 4.69) is 4.98 Å². The number of aromatic hydroxyl groups is 1. The Morgan fingerprint density at radius 1 is 1.20 bits per heavy atom. The molecule has 0 amide bonds. The van der Waals surface area contributed by atoms with E-state index in [9.17, 15) is 9.50 Å².